The average molecular weight is 354 g/mol. The minimum Gasteiger partial charge on any atom is -0.497 e. The highest BCUT2D eigenvalue weighted by Crippen LogP contribution is 2.48. The van der Waals surface area contributed by atoms with E-state index in [0.29, 0.717) is 11.5 Å². The van der Waals surface area contributed by atoms with E-state index in [0.717, 1.165) is 11.4 Å². The molecule has 0 radical (unpaired) electrons. The molecule has 0 aromatic heterocycles. The molecule has 27 heavy (non-hydrogen) atoms. The van der Waals surface area contributed by atoms with Crippen LogP contribution in [-0.4, -0.2) is 7.11 Å². The second-order valence-corrected chi connectivity index (χ2v) is 7.02. The standard InChI is InChI=1S/C24H22N2O/c1-16-22(17-11-13-20(27-2)14-12-17)21-10-6-9-19(15-25)24(21)26-23(16)18-7-4-3-5-8-18/h3-14,16,22-23,26H,1-2H3/t16-,22+,23-/m1/s1. The second-order valence-electron chi connectivity index (χ2n) is 7.02. The Balaban J connectivity index is 1.86. The van der Waals surface area contributed by atoms with Crippen molar-refractivity contribution in [3.05, 3.63) is 95.1 Å². The number of hydrogen-bond acceptors (Lipinski definition) is 3. The quantitative estimate of drug-likeness (QED) is 0.675. The normalized spacial score (nSPS) is 20.9. The third kappa shape index (κ3) is 3.04. The third-order valence-corrected chi connectivity index (χ3v) is 5.54. The van der Waals surface area contributed by atoms with E-state index in [4.69, 9.17) is 4.74 Å². The van der Waals surface area contributed by atoms with E-state index in [1.807, 2.05) is 30.3 Å². The molecule has 4 rings (SSSR count). The van der Waals surface area contributed by atoms with Gasteiger partial charge in [0.25, 0.3) is 0 Å². The Bertz CT molecular complexity index is 974. The molecule has 0 bridgehead atoms. The molecule has 3 nitrogen and oxygen atoms in total. The number of ether oxygens (including phenoxy) is 1. The van der Waals surface area contributed by atoms with Crippen LogP contribution in [0.4, 0.5) is 5.69 Å². The molecule has 0 aliphatic carbocycles. The maximum atomic E-state index is 9.63. The van der Waals surface area contributed by atoms with E-state index < -0.39 is 0 Å². The Labute approximate surface area is 160 Å². The van der Waals surface area contributed by atoms with Crippen molar-refractivity contribution in [2.24, 2.45) is 5.92 Å². The zero-order valence-electron chi connectivity index (χ0n) is 15.5. The summed E-state index contributed by atoms with van der Waals surface area (Å²) in [5.74, 6) is 1.37. The summed E-state index contributed by atoms with van der Waals surface area (Å²) in [6, 6.07) is 27.2. The molecule has 1 heterocycles. The van der Waals surface area contributed by atoms with E-state index in [-0.39, 0.29) is 12.0 Å². The Kier molecular flexibility index (Phi) is 4.56. The van der Waals surface area contributed by atoms with Crippen LogP contribution < -0.4 is 10.1 Å². The van der Waals surface area contributed by atoms with E-state index in [2.05, 4.69) is 60.8 Å². The van der Waals surface area contributed by atoms with Crippen molar-refractivity contribution in [1.29, 1.82) is 5.26 Å². The number of anilines is 1. The van der Waals surface area contributed by atoms with Crippen LogP contribution in [0.15, 0.2) is 72.8 Å². The maximum absolute atomic E-state index is 9.63. The second kappa shape index (κ2) is 7.17. The van der Waals surface area contributed by atoms with Gasteiger partial charge in [-0.1, -0.05) is 61.5 Å². The molecule has 3 aromatic carbocycles. The summed E-state index contributed by atoms with van der Waals surface area (Å²) in [5.41, 5.74) is 5.30. The fraction of sp³-hybridized carbons (Fsp3) is 0.208. The predicted molar refractivity (Wildman–Crippen MR) is 108 cm³/mol. The first-order chi connectivity index (χ1) is 13.2. The summed E-state index contributed by atoms with van der Waals surface area (Å²) >= 11 is 0. The topological polar surface area (TPSA) is 45.0 Å². The summed E-state index contributed by atoms with van der Waals surface area (Å²) in [4.78, 5) is 0. The van der Waals surface area contributed by atoms with Crippen molar-refractivity contribution in [3.63, 3.8) is 0 Å². The number of nitrogens with one attached hydrogen (secondary N) is 1. The van der Waals surface area contributed by atoms with Crippen LogP contribution in [0.5, 0.6) is 5.75 Å². The first kappa shape index (κ1) is 17.2. The molecule has 0 spiro atoms. The van der Waals surface area contributed by atoms with Crippen LogP contribution in [0.2, 0.25) is 0 Å². The molecule has 1 aliphatic rings. The van der Waals surface area contributed by atoms with Crippen molar-refractivity contribution in [2.45, 2.75) is 18.9 Å². The number of fused-ring (bicyclic) bond motifs is 1. The molecule has 3 heteroatoms. The van der Waals surface area contributed by atoms with Crippen LogP contribution in [0.25, 0.3) is 0 Å². The third-order valence-electron chi connectivity index (χ3n) is 5.54. The van der Waals surface area contributed by atoms with Gasteiger partial charge in [0, 0.05) is 5.92 Å². The van der Waals surface area contributed by atoms with Gasteiger partial charge in [0.15, 0.2) is 0 Å². The van der Waals surface area contributed by atoms with Crippen LogP contribution in [-0.2, 0) is 0 Å². The molecule has 1 aliphatic heterocycles. The largest absolute Gasteiger partial charge is 0.497 e. The van der Waals surface area contributed by atoms with Crippen molar-refractivity contribution < 1.29 is 4.74 Å². The molecule has 3 aromatic rings. The Hall–Kier alpha value is -3.25. The van der Waals surface area contributed by atoms with E-state index in [1.165, 1.54) is 16.7 Å². The fourth-order valence-electron chi connectivity index (χ4n) is 4.19. The van der Waals surface area contributed by atoms with Gasteiger partial charge in [-0.3, -0.25) is 0 Å². The van der Waals surface area contributed by atoms with Gasteiger partial charge in [0.2, 0.25) is 0 Å². The zero-order chi connectivity index (χ0) is 18.8. The van der Waals surface area contributed by atoms with Gasteiger partial charge in [-0.05, 0) is 40.8 Å². The van der Waals surface area contributed by atoms with Crippen LogP contribution in [0, 0.1) is 17.2 Å². The fourth-order valence-corrected chi connectivity index (χ4v) is 4.19. The summed E-state index contributed by atoms with van der Waals surface area (Å²) in [5, 5.41) is 13.3. The molecule has 134 valence electrons. The smallest absolute Gasteiger partial charge is 0.118 e. The lowest BCUT2D eigenvalue weighted by molar-refractivity contribution is 0.412. The number of nitrogens with zero attached hydrogens (tertiary/aromatic N) is 1. The number of rotatable bonds is 3. The van der Waals surface area contributed by atoms with Gasteiger partial charge in [0.1, 0.15) is 11.8 Å². The molecule has 3 atom stereocenters. The van der Waals surface area contributed by atoms with Crippen LogP contribution in [0.3, 0.4) is 0 Å². The van der Waals surface area contributed by atoms with Gasteiger partial charge in [-0.25, -0.2) is 0 Å². The molecule has 0 unspecified atom stereocenters. The predicted octanol–water partition coefficient (Wildman–Crippen LogP) is 5.50. The molecule has 1 N–H and O–H groups in total. The highest BCUT2D eigenvalue weighted by molar-refractivity contribution is 5.68. The first-order valence-electron chi connectivity index (χ1n) is 9.21. The molecule has 0 saturated carbocycles. The summed E-state index contributed by atoms with van der Waals surface area (Å²) in [6.45, 7) is 2.28. The van der Waals surface area contributed by atoms with E-state index >= 15 is 0 Å². The van der Waals surface area contributed by atoms with Gasteiger partial charge in [-0.2, -0.15) is 5.26 Å². The van der Waals surface area contributed by atoms with E-state index in [9.17, 15) is 5.26 Å². The van der Waals surface area contributed by atoms with Crippen LogP contribution in [0.1, 0.15) is 41.1 Å². The lowest BCUT2D eigenvalue weighted by Crippen LogP contribution is -2.31. The van der Waals surface area contributed by atoms with Crippen molar-refractivity contribution >= 4 is 5.69 Å². The first-order valence-corrected chi connectivity index (χ1v) is 9.21. The lowest BCUT2D eigenvalue weighted by Gasteiger charge is -2.40. The minimum atomic E-state index is 0.139. The highest BCUT2D eigenvalue weighted by atomic mass is 16.5. The maximum Gasteiger partial charge on any atom is 0.118 e. The molecule has 0 saturated heterocycles. The summed E-state index contributed by atoms with van der Waals surface area (Å²) in [6.07, 6.45) is 0. The van der Waals surface area contributed by atoms with Crippen molar-refractivity contribution in [2.75, 3.05) is 12.4 Å². The monoisotopic (exact) mass is 354 g/mol. The zero-order valence-corrected chi connectivity index (χ0v) is 15.5. The summed E-state index contributed by atoms with van der Waals surface area (Å²) in [7, 11) is 1.68. The van der Waals surface area contributed by atoms with Gasteiger partial charge < -0.3 is 10.1 Å². The number of para-hydroxylation sites is 1. The molecular weight excluding hydrogens is 332 g/mol. The van der Waals surface area contributed by atoms with Crippen LogP contribution >= 0.6 is 0 Å². The van der Waals surface area contributed by atoms with Gasteiger partial charge in [0.05, 0.1) is 24.4 Å². The molecule has 0 fully saturated rings. The van der Waals surface area contributed by atoms with Crippen molar-refractivity contribution in [3.8, 4) is 11.8 Å². The Morgan fingerprint density at radius 2 is 1.63 bits per heavy atom. The van der Waals surface area contributed by atoms with Gasteiger partial charge >= 0.3 is 0 Å². The SMILES string of the molecule is COc1ccc([C@H]2c3cccc(C#N)c3N[C@@H](c3ccccc3)[C@@H]2C)cc1. The van der Waals surface area contributed by atoms with Gasteiger partial charge in [-0.15, -0.1) is 0 Å². The Morgan fingerprint density at radius 3 is 2.30 bits per heavy atom. The number of benzene rings is 3. The highest BCUT2D eigenvalue weighted by Gasteiger charge is 2.36. The Morgan fingerprint density at radius 1 is 0.889 bits per heavy atom. The molecule has 0 amide bonds. The minimum absolute atomic E-state index is 0.139. The van der Waals surface area contributed by atoms with Crippen molar-refractivity contribution in [1.82, 2.24) is 0 Å². The number of hydrogen-bond donors (Lipinski definition) is 1. The lowest BCUT2D eigenvalue weighted by atomic mass is 9.72. The summed E-state index contributed by atoms with van der Waals surface area (Å²) < 4.78 is 5.32. The van der Waals surface area contributed by atoms with E-state index in [1.54, 1.807) is 7.11 Å². The number of methoxy groups -OCH3 is 1. The average Bonchev–Trinajstić information content (AvgIpc) is 2.73. The molecular formula is C24H22N2O. The number of nitriles is 1.